The number of aliphatic imine (C=N–C) groups is 1. The summed E-state index contributed by atoms with van der Waals surface area (Å²) in [6.45, 7) is 2.03. The molecule has 2 aromatic rings. The molecule has 4 heteroatoms. The maximum atomic E-state index is 5.30. The molecule has 0 spiro atoms. The molecule has 2 rings (SSSR count). The van der Waals surface area contributed by atoms with Gasteiger partial charge in [0.25, 0.3) is 0 Å². The number of ether oxygens (including phenoxy) is 1. The summed E-state index contributed by atoms with van der Waals surface area (Å²) < 4.78 is 7.09. The zero-order valence-corrected chi connectivity index (χ0v) is 10.9. The fraction of sp³-hybridized carbons (Fsp3) is 0.286. The molecule has 0 aliphatic heterocycles. The molecule has 1 aromatic carbocycles. The van der Waals surface area contributed by atoms with E-state index < -0.39 is 0 Å². The Morgan fingerprint density at radius 2 is 2.28 bits per heavy atom. The molecule has 94 valence electrons. The van der Waals surface area contributed by atoms with Crippen LogP contribution in [0, 0.1) is 6.92 Å². The van der Waals surface area contributed by atoms with Crippen LogP contribution in [0.25, 0.3) is 0 Å². The lowest BCUT2D eigenvalue weighted by Crippen LogP contribution is -1.87. The van der Waals surface area contributed by atoms with E-state index in [0.29, 0.717) is 0 Å². The highest BCUT2D eigenvalue weighted by atomic mass is 16.5. The average Bonchev–Trinajstić information content (AvgIpc) is 2.77. The van der Waals surface area contributed by atoms with Crippen molar-refractivity contribution in [3.05, 3.63) is 41.7 Å². The summed E-state index contributed by atoms with van der Waals surface area (Å²) in [5, 5.41) is 4.12. The van der Waals surface area contributed by atoms with E-state index in [4.69, 9.17) is 4.74 Å². The summed E-state index contributed by atoms with van der Waals surface area (Å²) in [5.74, 6) is 0.803. The summed E-state index contributed by atoms with van der Waals surface area (Å²) >= 11 is 0. The lowest BCUT2D eigenvalue weighted by Gasteiger charge is -2.04. The van der Waals surface area contributed by atoms with Crippen LogP contribution in [0.4, 0.5) is 5.69 Å². The van der Waals surface area contributed by atoms with E-state index >= 15 is 0 Å². The van der Waals surface area contributed by atoms with Crippen molar-refractivity contribution >= 4 is 11.9 Å². The number of rotatable bonds is 4. The Balaban J connectivity index is 2.09. The predicted octanol–water partition coefficient (Wildman–Crippen LogP) is 2.68. The molecule has 0 radical (unpaired) electrons. The molecule has 1 heterocycles. The molecule has 0 amide bonds. The normalized spacial score (nSPS) is 11.1. The van der Waals surface area contributed by atoms with Gasteiger partial charge in [0, 0.05) is 25.9 Å². The molecule has 0 atom stereocenters. The van der Waals surface area contributed by atoms with E-state index in [0.717, 1.165) is 29.0 Å². The molecule has 0 unspecified atom stereocenters. The number of hydrogen-bond donors (Lipinski definition) is 0. The number of aryl methyl sites for hydroxylation is 2. The van der Waals surface area contributed by atoms with Crippen molar-refractivity contribution < 1.29 is 4.74 Å². The maximum Gasteiger partial charge on any atom is 0.144 e. The number of nitrogens with zero attached hydrogens (tertiary/aromatic N) is 3. The Morgan fingerprint density at radius 3 is 2.94 bits per heavy atom. The van der Waals surface area contributed by atoms with Gasteiger partial charge in [0.15, 0.2) is 0 Å². The van der Waals surface area contributed by atoms with Crippen LogP contribution in [-0.4, -0.2) is 23.1 Å². The fourth-order valence-electron chi connectivity index (χ4n) is 1.72. The Labute approximate surface area is 107 Å². The van der Waals surface area contributed by atoms with Gasteiger partial charge in [0.2, 0.25) is 0 Å². The van der Waals surface area contributed by atoms with E-state index in [1.807, 2.05) is 50.8 Å². The molecule has 0 bridgehead atoms. The average molecular weight is 243 g/mol. The van der Waals surface area contributed by atoms with E-state index in [2.05, 4.69) is 10.1 Å². The molecule has 0 saturated carbocycles. The van der Waals surface area contributed by atoms with Gasteiger partial charge in [0.05, 0.1) is 13.3 Å². The number of benzene rings is 1. The predicted molar refractivity (Wildman–Crippen MR) is 72.8 cm³/mol. The molecule has 0 saturated heterocycles. The number of aromatic nitrogens is 2. The van der Waals surface area contributed by atoms with E-state index in [9.17, 15) is 0 Å². The largest absolute Gasteiger partial charge is 0.494 e. The summed E-state index contributed by atoms with van der Waals surface area (Å²) in [4.78, 5) is 4.44. The topological polar surface area (TPSA) is 39.4 Å². The van der Waals surface area contributed by atoms with Gasteiger partial charge < -0.3 is 4.74 Å². The summed E-state index contributed by atoms with van der Waals surface area (Å²) in [7, 11) is 3.57. The van der Waals surface area contributed by atoms with Gasteiger partial charge >= 0.3 is 0 Å². The Morgan fingerprint density at radius 1 is 1.44 bits per heavy atom. The highest BCUT2D eigenvalue weighted by molar-refractivity contribution is 5.68. The summed E-state index contributed by atoms with van der Waals surface area (Å²) in [6, 6.07) is 5.98. The Kier molecular flexibility index (Phi) is 3.77. The van der Waals surface area contributed by atoms with Crippen molar-refractivity contribution in [3.63, 3.8) is 0 Å². The molecule has 0 aliphatic rings. The highest BCUT2D eigenvalue weighted by Gasteiger charge is 2.00. The van der Waals surface area contributed by atoms with Gasteiger partial charge in [-0.15, -0.1) is 0 Å². The molecule has 0 fully saturated rings. The SMILES string of the molecule is COc1cc(C)ccc1N=CCc1cnn(C)c1. The van der Waals surface area contributed by atoms with Crippen molar-refractivity contribution in [2.75, 3.05) is 7.11 Å². The zero-order chi connectivity index (χ0) is 13.0. The minimum Gasteiger partial charge on any atom is -0.494 e. The summed E-state index contributed by atoms with van der Waals surface area (Å²) in [6.07, 6.45) is 6.48. The first-order valence-corrected chi connectivity index (χ1v) is 5.83. The first-order valence-electron chi connectivity index (χ1n) is 5.83. The Bertz CT molecular complexity index is 558. The van der Waals surface area contributed by atoms with Gasteiger partial charge in [-0.1, -0.05) is 6.07 Å². The van der Waals surface area contributed by atoms with Gasteiger partial charge in [-0.3, -0.25) is 9.67 Å². The minimum atomic E-state index is 0.769. The van der Waals surface area contributed by atoms with Crippen LogP contribution < -0.4 is 4.74 Å². The molecular formula is C14H17N3O. The fourth-order valence-corrected chi connectivity index (χ4v) is 1.72. The molecular weight excluding hydrogens is 226 g/mol. The zero-order valence-electron chi connectivity index (χ0n) is 10.9. The third kappa shape index (κ3) is 2.97. The van der Waals surface area contributed by atoms with E-state index in [-0.39, 0.29) is 0 Å². The second kappa shape index (κ2) is 5.49. The van der Waals surface area contributed by atoms with E-state index in [1.54, 1.807) is 11.8 Å². The van der Waals surface area contributed by atoms with Crippen LogP contribution in [0.15, 0.2) is 35.6 Å². The molecule has 18 heavy (non-hydrogen) atoms. The van der Waals surface area contributed by atoms with Gasteiger partial charge in [-0.05, 0) is 30.2 Å². The molecule has 1 aromatic heterocycles. The first kappa shape index (κ1) is 12.4. The van der Waals surface area contributed by atoms with Crippen molar-refractivity contribution in [2.24, 2.45) is 12.0 Å². The second-order valence-corrected chi connectivity index (χ2v) is 4.21. The van der Waals surface area contributed by atoms with Crippen LogP contribution in [0.3, 0.4) is 0 Å². The smallest absolute Gasteiger partial charge is 0.144 e. The van der Waals surface area contributed by atoms with Gasteiger partial charge in [-0.2, -0.15) is 5.10 Å². The molecule has 4 nitrogen and oxygen atoms in total. The van der Waals surface area contributed by atoms with Crippen LogP contribution in [0.2, 0.25) is 0 Å². The van der Waals surface area contributed by atoms with Crippen molar-refractivity contribution in [1.82, 2.24) is 9.78 Å². The number of methoxy groups -OCH3 is 1. The standard InChI is InChI=1S/C14H17N3O/c1-11-4-5-13(14(8-11)18-3)15-7-6-12-9-16-17(2)10-12/h4-5,7-10H,6H2,1-3H3. The summed E-state index contributed by atoms with van der Waals surface area (Å²) in [5.41, 5.74) is 3.16. The highest BCUT2D eigenvalue weighted by Crippen LogP contribution is 2.27. The second-order valence-electron chi connectivity index (χ2n) is 4.21. The van der Waals surface area contributed by atoms with E-state index in [1.165, 1.54) is 0 Å². The van der Waals surface area contributed by atoms with Crippen molar-refractivity contribution in [2.45, 2.75) is 13.3 Å². The molecule has 0 N–H and O–H groups in total. The Hall–Kier alpha value is -2.10. The van der Waals surface area contributed by atoms with Crippen LogP contribution in [0.5, 0.6) is 5.75 Å². The molecule has 0 aliphatic carbocycles. The van der Waals surface area contributed by atoms with Crippen LogP contribution in [0.1, 0.15) is 11.1 Å². The van der Waals surface area contributed by atoms with Crippen molar-refractivity contribution in [1.29, 1.82) is 0 Å². The minimum absolute atomic E-state index is 0.769. The third-order valence-corrected chi connectivity index (χ3v) is 2.65. The van der Waals surface area contributed by atoms with Gasteiger partial charge in [-0.25, -0.2) is 0 Å². The van der Waals surface area contributed by atoms with Crippen molar-refractivity contribution in [3.8, 4) is 5.75 Å². The van der Waals surface area contributed by atoms with Crippen LogP contribution >= 0.6 is 0 Å². The van der Waals surface area contributed by atoms with Gasteiger partial charge in [0.1, 0.15) is 11.4 Å². The monoisotopic (exact) mass is 243 g/mol. The van der Waals surface area contributed by atoms with Crippen LogP contribution in [-0.2, 0) is 13.5 Å². The quantitative estimate of drug-likeness (QED) is 0.774. The maximum absolute atomic E-state index is 5.30. The lowest BCUT2D eigenvalue weighted by molar-refractivity contribution is 0.416. The number of hydrogen-bond acceptors (Lipinski definition) is 3. The lowest BCUT2D eigenvalue weighted by atomic mass is 10.2. The third-order valence-electron chi connectivity index (χ3n) is 2.65. The first-order chi connectivity index (χ1) is 8.69.